The summed E-state index contributed by atoms with van der Waals surface area (Å²) in [7, 11) is -3.86. The van der Waals surface area contributed by atoms with E-state index in [1.165, 1.54) is 36.4 Å². The Bertz CT molecular complexity index is 1270. The second kappa shape index (κ2) is 8.74. The molecule has 9 heteroatoms. The fraction of sp³-hybridized carbons (Fsp3) is 0.208. The highest BCUT2D eigenvalue weighted by Gasteiger charge is 2.25. The smallest absolute Gasteiger partial charge is 0.261 e. The van der Waals surface area contributed by atoms with E-state index in [0.29, 0.717) is 23.6 Å². The summed E-state index contributed by atoms with van der Waals surface area (Å²) in [6.07, 6.45) is 0. The first kappa shape index (κ1) is 22.6. The Morgan fingerprint density at radius 2 is 1.64 bits per heavy atom. The van der Waals surface area contributed by atoms with Crippen LogP contribution in [-0.2, 0) is 15.4 Å². The maximum absolute atomic E-state index is 13.0. The first-order valence-electron chi connectivity index (χ1n) is 10.2. The molecule has 0 unspecified atom stereocenters. The number of ether oxygens (including phenoxy) is 2. The highest BCUT2D eigenvalue weighted by atomic mass is 32.2. The number of sulfonamides is 1. The average molecular weight is 471 g/mol. The van der Waals surface area contributed by atoms with Crippen molar-refractivity contribution >= 4 is 21.6 Å². The minimum Gasteiger partial charge on any atom is -0.454 e. The summed E-state index contributed by atoms with van der Waals surface area (Å²) in [5.41, 5.74) is 1.32. The molecule has 0 aliphatic carbocycles. The van der Waals surface area contributed by atoms with Gasteiger partial charge in [-0.05, 0) is 66.2 Å². The third-order valence-corrected chi connectivity index (χ3v) is 6.77. The van der Waals surface area contributed by atoms with Crippen molar-refractivity contribution in [3.05, 3.63) is 83.7 Å². The van der Waals surface area contributed by atoms with Gasteiger partial charge in [-0.15, -0.1) is 0 Å². The fourth-order valence-electron chi connectivity index (χ4n) is 3.34. The van der Waals surface area contributed by atoms with Crippen LogP contribution in [0.5, 0.6) is 11.5 Å². The van der Waals surface area contributed by atoms with Crippen molar-refractivity contribution in [2.75, 3.05) is 18.1 Å². The molecule has 7 nitrogen and oxygen atoms in total. The number of benzene rings is 3. The molecular weight excluding hydrogens is 447 g/mol. The largest absolute Gasteiger partial charge is 0.454 e. The van der Waals surface area contributed by atoms with Crippen molar-refractivity contribution in [1.82, 2.24) is 5.32 Å². The summed E-state index contributed by atoms with van der Waals surface area (Å²) >= 11 is 0. The van der Waals surface area contributed by atoms with E-state index < -0.39 is 15.8 Å². The maximum Gasteiger partial charge on any atom is 0.261 e. The number of rotatable bonds is 7. The first-order chi connectivity index (χ1) is 15.6. The van der Waals surface area contributed by atoms with Gasteiger partial charge in [0.25, 0.3) is 15.9 Å². The van der Waals surface area contributed by atoms with Crippen molar-refractivity contribution in [1.29, 1.82) is 0 Å². The molecule has 0 atom stereocenters. The van der Waals surface area contributed by atoms with Crippen molar-refractivity contribution < 1.29 is 27.1 Å². The zero-order valence-electron chi connectivity index (χ0n) is 18.1. The molecule has 3 aromatic carbocycles. The lowest BCUT2D eigenvalue weighted by molar-refractivity contribution is 0.0945. The van der Waals surface area contributed by atoms with Crippen LogP contribution in [0.3, 0.4) is 0 Å². The standard InChI is InChI=1S/C24H23FN2O5S/c1-24(2,17-5-12-21-22(13-17)32-15-31-21)14-26-23(28)16-3-8-19(9-4-16)27-33(29,30)20-10-6-18(25)7-11-20/h3-13,27H,14-15H2,1-2H3,(H,26,28). The van der Waals surface area contributed by atoms with Gasteiger partial charge in [0.05, 0.1) is 4.90 Å². The minimum absolute atomic E-state index is 0.0588. The van der Waals surface area contributed by atoms with E-state index in [4.69, 9.17) is 9.47 Å². The number of anilines is 1. The molecule has 0 bridgehead atoms. The summed E-state index contributed by atoms with van der Waals surface area (Å²) in [6, 6.07) is 16.3. The summed E-state index contributed by atoms with van der Waals surface area (Å²) in [4.78, 5) is 12.6. The van der Waals surface area contributed by atoms with E-state index in [2.05, 4.69) is 10.0 Å². The van der Waals surface area contributed by atoms with Crippen LogP contribution >= 0.6 is 0 Å². The summed E-state index contributed by atoms with van der Waals surface area (Å²) in [5, 5.41) is 2.92. The van der Waals surface area contributed by atoms with Crippen LogP contribution in [0.4, 0.5) is 10.1 Å². The molecule has 1 aliphatic heterocycles. The minimum atomic E-state index is -3.86. The molecule has 1 aliphatic rings. The lowest BCUT2D eigenvalue weighted by Gasteiger charge is -2.26. The highest BCUT2D eigenvalue weighted by Crippen LogP contribution is 2.36. The Kier molecular flexibility index (Phi) is 5.99. The molecule has 2 N–H and O–H groups in total. The molecule has 3 aromatic rings. The quantitative estimate of drug-likeness (QED) is 0.543. The van der Waals surface area contributed by atoms with Gasteiger partial charge in [-0.25, -0.2) is 12.8 Å². The number of carbonyl (C=O) groups excluding carboxylic acids is 1. The first-order valence-corrected chi connectivity index (χ1v) is 11.7. The SMILES string of the molecule is CC(C)(CNC(=O)c1ccc(NS(=O)(=O)c2ccc(F)cc2)cc1)c1ccc2c(c1)OCO2. The Labute approximate surface area is 191 Å². The Morgan fingerprint density at radius 1 is 0.970 bits per heavy atom. The summed E-state index contributed by atoms with van der Waals surface area (Å²) in [5.74, 6) is 0.585. The van der Waals surface area contributed by atoms with E-state index in [1.807, 2.05) is 32.0 Å². The van der Waals surface area contributed by atoms with Gasteiger partial charge < -0.3 is 14.8 Å². The molecule has 33 heavy (non-hydrogen) atoms. The lowest BCUT2D eigenvalue weighted by atomic mass is 9.84. The van der Waals surface area contributed by atoms with Gasteiger partial charge in [-0.1, -0.05) is 19.9 Å². The van der Waals surface area contributed by atoms with E-state index in [0.717, 1.165) is 17.7 Å². The Balaban J connectivity index is 1.38. The molecular formula is C24H23FN2O5S. The normalized spacial score (nSPS) is 12.9. The predicted octanol–water partition coefficient (Wildman–Crippen LogP) is 4.06. The van der Waals surface area contributed by atoms with E-state index in [1.54, 1.807) is 0 Å². The van der Waals surface area contributed by atoms with Crippen LogP contribution < -0.4 is 19.5 Å². The van der Waals surface area contributed by atoms with Gasteiger partial charge in [-0.3, -0.25) is 9.52 Å². The number of nitrogens with one attached hydrogen (secondary N) is 2. The zero-order valence-corrected chi connectivity index (χ0v) is 18.9. The molecule has 0 radical (unpaired) electrons. The molecule has 0 saturated heterocycles. The number of carbonyl (C=O) groups is 1. The third-order valence-electron chi connectivity index (χ3n) is 5.37. The highest BCUT2D eigenvalue weighted by molar-refractivity contribution is 7.92. The van der Waals surface area contributed by atoms with Crippen molar-refractivity contribution in [3.63, 3.8) is 0 Å². The molecule has 172 valence electrons. The van der Waals surface area contributed by atoms with Crippen LogP contribution in [-0.4, -0.2) is 27.7 Å². The fourth-order valence-corrected chi connectivity index (χ4v) is 4.40. The van der Waals surface area contributed by atoms with Crippen molar-refractivity contribution in [2.24, 2.45) is 0 Å². The number of halogens is 1. The van der Waals surface area contributed by atoms with Gasteiger partial charge in [0.2, 0.25) is 6.79 Å². The Morgan fingerprint density at radius 3 is 2.33 bits per heavy atom. The molecule has 0 fully saturated rings. The number of hydrogen-bond donors (Lipinski definition) is 2. The van der Waals surface area contributed by atoms with Crippen LogP contribution in [0.25, 0.3) is 0 Å². The van der Waals surface area contributed by atoms with Gasteiger partial charge in [0, 0.05) is 23.2 Å². The van der Waals surface area contributed by atoms with Crippen molar-refractivity contribution in [3.8, 4) is 11.5 Å². The topological polar surface area (TPSA) is 93.7 Å². The van der Waals surface area contributed by atoms with E-state index >= 15 is 0 Å². The predicted molar refractivity (Wildman–Crippen MR) is 122 cm³/mol. The van der Waals surface area contributed by atoms with E-state index in [9.17, 15) is 17.6 Å². The number of fused-ring (bicyclic) bond motifs is 1. The Hall–Kier alpha value is -3.59. The van der Waals surface area contributed by atoms with Crippen LogP contribution in [0, 0.1) is 5.82 Å². The monoisotopic (exact) mass is 470 g/mol. The summed E-state index contributed by atoms with van der Waals surface area (Å²) < 4.78 is 51.1. The number of amides is 1. The lowest BCUT2D eigenvalue weighted by Crippen LogP contribution is -2.36. The van der Waals surface area contributed by atoms with E-state index in [-0.39, 0.29) is 28.7 Å². The van der Waals surface area contributed by atoms with Crippen LogP contribution in [0.2, 0.25) is 0 Å². The molecule has 0 aromatic heterocycles. The average Bonchev–Trinajstić information content (AvgIpc) is 3.26. The molecule has 1 heterocycles. The molecule has 4 rings (SSSR count). The van der Waals surface area contributed by atoms with Crippen LogP contribution in [0.15, 0.2) is 71.6 Å². The number of hydrogen-bond acceptors (Lipinski definition) is 5. The van der Waals surface area contributed by atoms with Gasteiger partial charge in [0.15, 0.2) is 11.5 Å². The third kappa shape index (κ3) is 5.09. The van der Waals surface area contributed by atoms with Crippen molar-refractivity contribution in [2.45, 2.75) is 24.2 Å². The molecule has 0 saturated carbocycles. The van der Waals surface area contributed by atoms with Crippen LogP contribution in [0.1, 0.15) is 29.8 Å². The van der Waals surface area contributed by atoms with Gasteiger partial charge >= 0.3 is 0 Å². The molecule has 1 amide bonds. The summed E-state index contributed by atoms with van der Waals surface area (Å²) in [6.45, 7) is 4.60. The molecule has 0 spiro atoms. The maximum atomic E-state index is 13.0. The second-order valence-corrected chi connectivity index (χ2v) is 9.95. The van der Waals surface area contributed by atoms with Gasteiger partial charge in [-0.2, -0.15) is 0 Å². The second-order valence-electron chi connectivity index (χ2n) is 8.27. The van der Waals surface area contributed by atoms with Gasteiger partial charge in [0.1, 0.15) is 5.82 Å². The zero-order chi connectivity index (χ0) is 23.6.